The maximum absolute atomic E-state index is 10.1. The number of fused-ring (bicyclic) bond motifs is 3. The van der Waals surface area contributed by atoms with E-state index in [4.69, 9.17) is 10.2 Å². The van der Waals surface area contributed by atoms with E-state index in [1.54, 1.807) is 0 Å². The summed E-state index contributed by atoms with van der Waals surface area (Å²) in [4.78, 5) is 19.1. The number of phenolic OH excluding ortho intramolecular Hbond substituents is 1. The van der Waals surface area contributed by atoms with Crippen molar-refractivity contribution in [1.29, 1.82) is 0 Å². The van der Waals surface area contributed by atoms with E-state index in [2.05, 4.69) is 25.2 Å². The minimum atomic E-state index is -1.26. The number of rotatable bonds is 3. The number of piperidine rings is 1. The van der Waals surface area contributed by atoms with Gasteiger partial charge in [0.15, 0.2) is 0 Å². The van der Waals surface area contributed by atoms with Gasteiger partial charge in [-0.15, -0.1) is 0 Å². The van der Waals surface area contributed by atoms with Gasteiger partial charge in [-0.05, 0) is 60.8 Å². The number of benzene rings is 1. The molecule has 3 rings (SSSR count). The Hall–Kier alpha value is -2.34. The van der Waals surface area contributed by atoms with Crippen LogP contribution in [0.2, 0.25) is 0 Å². The largest absolute Gasteiger partial charge is 0.508 e. The molecule has 2 aliphatic rings. The molecule has 6 heteroatoms. The molecule has 1 aromatic carbocycles. The molecule has 1 aliphatic heterocycles. The SMILES string of the molecule is CCC1NCCC2(C)c3cccc(O)c3CCC12.O=C(O)/C=C\C(=O)O. The van der Waals surface area contributed by atoms with Gasteiger partial charge in [0.25, 0.3) is 0 Å². The van der Waals surface area contributed by atoms with Crippen molar-refractivity contribution in [3.05, 3.63) is 41.5 Å². The predicted molar refractivity (Wildman–Crippen MR) is 98.4 cm³/mol. The van der Waals surface area contributed by atoms with Gasteiger partial charge >= 0.3 is 11.9 Å². The lowest BCUT2D eigenvalue weighted by atomic mass is 9.58. The first kappa shape index (κ1) is 20.0. The number of hydrogen-bond acceptors (Lipinski definition) is 4. The second-order valence-corrected chi connectivity index (χ2v) is 7.09. The zero-order valence-corrected chi connectivity index (χ0v) is 15.2. The van der Waals surface area contributed by atoms with Gasteiger partial charge in [-0.25, -0.2) is 9.59 Å². The number of carboxylic acid groups (broad SMARTS) is 2. The highest BCUT2D eigenvalue weighted by molar-refractivity contribution is 5.89. The normalized spacial score (nSPS) is 27.0. The second-order valence-electron chi connectivity index (χ2n) is 7.09. The van der Waals surface area contributed by atoms with Gasteiger partial charge in [-0.2, -0.15) is 0 Å². The maximum Gasteiger partial charge on any atom is 0.328 e. The van der Waals surface area contributed by atoms with Crippen LogP contribution in [0.5, 0.6) is 5.75 Å². The summed E-state index contributed by atoms with van der Waals surface area (Å²) in [7, 11) is 0. The Morgan fingerprint density at radius 1 is 1.27 bits per heavy atom. The molecule has 6 nitrogen and oxygen atoms in total. The fourth-order valence-electron chi connectivity index (χ4n) is 4.39. The molecule has 1 aliphatic carbocycles. The lowest BCUT2D eigenvalue weighted by molar-refractivity contribution is -0.134. The molecule has 0 aromatic heterocycles. The van der Waals surface area contributed by atoms with Crippen molar-refractivity contribution >= 4 is 11.9 Å². The first-order valence-electron chi connectivity index (χ1n) is 8.98. The van der Waals surface area contributed by atoms with E-state index in [-0.39, 0.29) is 5.41 Å². The average molecular weight is 361 g/mol. The molecule has 3 unspecified atom stereocenters. The third-order valence-electron chi connectivity index (χ3n) is 5.64. The first-order valence-corrected chi connectivity index (χ1v) is 8.98. The minimum Gasteiger partial charge on any atom is -0.508 e. The van der Waals surface area contributed by atoms with Gasteiger partial charge in [0.05, 0.1) is 0 Å². The Labute approximate surface area is 153 Å². The molecule has 1 heterocycles. The molecule has 0 saturated carbocycles. The monoisotopic (exact) mass is 361 g/mol. The van der Waals surface area contributed by atoms with E-state index < -0.39 is 11.9 Å². The summed E-state index contributed by atoms with van der Waals surface area (Å²) in [5.74, 6) is -1.30. The summed E-state index contributed by atoms with van der Waals surface area (Å²) in [5.41, 5.74) is 2.85. The van der Waals surface area contributed by atoms with Gasteiger partial charge in [-0.3, -0.25) is 0 Å². The van der Waals surface area contributed by atoms with Crippen LogP contribution < -0.4 is 5.32 Å². The molecule has 0 spiro atoms. The van der Waals surface area contributed by atoms with Crippen molar-refractivity contribution < 1.29 is 24.9 Å². The van der Waals surface area contributed by atoms with Crippen LogP contribution >= 0.6 is 0 Å². The minimum absolute atomic E-state index is 0.248. The van der Waals surface area contributed by atoms with Crippen LogP contribution in [0.15, 0.2) is 30.4 Å². The highest BCUT2D eigenvalue weighted by Crippen LogP contribution is 2.49. The number of aromatic hydroxyl groups is 1. The lowest BCUT2D eigenvalue weighted by Gasteiger charge is -2.50. The van der Waals surface area contributed by atoms with Crippen molar-refractivity contribution in [2.45, 2.75) is 51.0 Å². The zero-order chi connectivity index (χ0) is 19.3. The van der Waals surface area contributed by atoms with E-state index in [1.807, 2.05) is 12.1 Å². The third-order valence-corrected chi connectivity index (χ3v) is 5.64. The van der Waals surface area contributed by atoms with Crippen molar-refractivity contribution in [2.24, 2.45) is 5.92 Å². The second kappa shape index (κ2) is 8.36. The first-order chi connectivity index (χ1) is 12.3. The van der Waals surface area contributed by atoms with Gasteiger partial charge in [0, 0.05) is 18.2 Å². The fraction of sp³-hybridized carbons (Fsp3) is 0.500. The van der Waals surface area contributed by atoms with E-state index in [1.165, 1.54) is 30.4 Å². The van der Waals surface area contributed by atoms with Crippen molar-refractivity contribution in [3.8, 4) is 5.75 Å². The molecule has 1 aromatic rings. The van der Waals surface area contributed by atoms with E-state index in [0.29, 0.717) is 29.9 Å². The fourth-order valence-corrected chi connectivity index (χ4v) is 4.39. The molecule has 3 atom stereocenters. The Kier molecular flexibility index (Phi) is 6.42. The third kappa shape index (κ3) is 4.25. The summed E-state index contributed by atoms with van der Waals surface area (Å²) in [5, 5.41) is 29.4. The molecule has 0 amide bonds. The topological polar surface area (TPSA) is 107 Å². The molecule has 1 fully saturated rings. The van der Waals surface area contributed by atoms with Crippen molar-refractivity contribution in [3.63, 3.8) is 0 Å². The number of hydrogen-bond donors (Lipinski definition) is 4. The summed E-state index contributed by atoms with van der Waals surface area (Å²) in [6.07, 6.45) is 5.73. The van der Waals surface area contributed by atoms with Gasteiger partial charge in [0.1, 0.15) is 5.75 Å². The number of nitrogens with one attached hydrogen (secondary N) is 1. The van der Waals surface area contributed by atoms with Crippen LogP contribution in [0.4, 0.5) is 0 Å². The summed E-state index contributed by atoms with van der Waals surface area (Å²) in [6, 6.07) is 6.71. The smallest absolute Gasteiger partial charge is 0.328 e. The Morgan fingerprint density at radius 3 is 2.50 bits per heavy atom. The van der Waals surface area contributed by atoms with Crippen molar-refractivity contribution in [2.75, 3.05) is 6.54 Å². The van der Waals surface area contributed by atoms with Crippen molar-refractivity contribution in [1.82, 2.24) is 5.32 Å². The van der Waals surface area contributed by atoms with E-state index in [9.17, 15) is 14.7 Å². The molecule has 142 valence electrons. The lowest BCUT2D eigenvalue weighted by Crippen LogP contribution is -2.54. The molecule has 26 heavy (non-hydrogen) atoms. The summed E-state index contributed by atoms with van der Waals surface area (Å²) >= 11 is 0. The highest BCUT2D eigenvalue weighted by Gasteiger charge is 2.46. The van der Waals surface area contributed by atoms with Crippen LogP contribution in [-0.4, -0.2) is 39.8 Å². The standard InChI is InChI=1S/C16H23NO.C4H4O4/c1-3-14-13-8-7-11-12(5-4-6-15(11)18)16(13,2)9-10-17-14;5-3(6)1-2-4(7)8/h4-6,13-14,17-18H,3,7-10H2,1-2H3;1-2H,(H,5,6)(H,7,8)/b;2-1-. The molecule has 1 saturated heterocycles. The van der Waals surface area contributed by atoms with Crippen LogP contribution in [0.25, 0.3) is 0 Å². The molecule has 0 radical (unpaired) electrons. The van der Waals surface area contributed by atoms with Gasteiger partial charge in [0.2, 0.25) is 0 Å². The summed E-state index contributed by atoms with van der Waals surface area (Å²) < 4.78 is 0. The molecular weight excluding hydrogens is 334 g/mol. The predicted octanol–water partition coefficient (Wildman–Crippen LogP) is 2.70. The van der Waals surface area contributed by atoms with E-state index in [0.717, 1.165) is 13.0 Å². The number of carbonyl (C=O) groups is 2. The molecule has 0 bridgehead atoms. The van der Waals surface area contributed by atoms with Gasteiger partial charge in [-0.1, -0.05) is 26.0 Å². The average Bonchev–Trinajstić information content (AvgIpc) is 2.60. The van der Waals surface area contributed by atoms with Crippen LogP contribution in [0, 0.1) is 5.92 Å². The quantitative estimate of drug-likeness (QED) is 0.617. The highest BCUT2D eigenvalue weighted by atomic mass is 16.4. The maximum atomic E-state index is 10.1. The van der Waals surface area contributed by atoms with Crippen LogP contribution in [0.3, 0.4) is 0 Å². The summed E-state index contributed by atoms with van der Waals surface area (Å²) in [6.45, 7) is 5.78. The van der Waals surface area contributed by atoms with Gasteiger partial charge < -0.3 is 20.6 Å². The number of aliphatic carboxylic acids is 2. The van der Waals surface area contributed by atoms with E-state index >= 15 is 0 Å². The van der Waals surface area contributed by atoms with Crippen LogP contribution in [-0.2, 0) is 21.4 Å². The number of carboxylic acids is 2. The molecular formula is C20H27NO5. The Morgan fingerprint density at radius 2 is 1.92 bits per heavy atom. The number of phenols is 1. The van der Waals surface area contributed by atoms with Crippen LogP contribution in [0.1, 0.15) is 44.2 Å². The Balaban J connectivity index is 0.000000260. The molecule has 4 N–H and O–H groups in total. The zero-order valence-electron chi connectivity index (χ0n) is 15.2. The Bertz CT molecular complexity index is 683.